The number of hydrogen-bond donors (Lipinski definition) is 2. The number of hydrogen-bond acceptors (Lipinski definition) is 4. The fourth-order valence-corrected chi connectivity index (χ4v) is 3.29. The van der Waals surface area contributed by atoms with E-state index in [-0.39, 0.29) is 10.8 Å². The monoisotopic (exact) mass is 348 g/mol. The van der Waals surface area contributed by atoms with Gasteiger partial charge in [-0.15, -0.1) is 0 Å². The van der Waals surface area contributed by atoms with Crippen molar-refractivity contribution in [1.29, 1.82) is 0 Å². The molecular formula is C17H20N2O4S. The molecule has 2 N–H and O–H groups in total. The Morgan fingerprint density at radius 2 is 1.75 bits per heavy atom. The third kappa shape index (κ3) is 4.05. The Kier molecular flexibility index (Phi) is 5.14. The van der Waals surface area contributed by atoms with Crippen LogP contribution in [0.5, 0.6) is 5.75 Å². The van der Waals surface area contributed by atoms with E-state index in [1.165, 1.54) is 20.1 Å². The summed E-state index contributed by atoms with van der Waals surface area (Å²) in [4.78, 5) is 11.4. The molecule has 0 bridgehead atoms. The van der Waals surface area contributed by atoms with Crippen molar-refractivity contribution in [3.05, 3.63) is 47.5 Å². The standard InChI is InChI=1S/C17H20N2O4S/c1-11-5-7-15(9-12(11)2)24(21,22)19-14-6-8-17(23-4)16(10-14)18-13(3)20/h5-10,19H,1-4H3,(H,18,20). The Morgan fingerprint density at radius 3 is 2.33 bits per heavy atom. The number of carbonyl (C=O) groups excluding carboxylic acids is 1. The Balaban J connectivity index is 2.35. The summed E-state index contributed by atoms with van der Waals surface area (Å²) in [6.45, 7) is 5.14. The molecule has 0 aliphatic heterocycles. The summed E-state index contributed by atoms with van der Waals surface area (Å²) in [7, 11) is -2.25. The lowest BCUT2D eigenvalue weighted by atomic mass is 10.1. The van der Waals surface area contributed by atoms with E-state index in [0.29, 0.717) is 17.1 Å². The van der Waals surface area contributed by atoms with Gasteiger partial charge in [0.25, 0.3) is 10.0 Å². The quantitative estimate of drug-likeness (QED) is 0.870. The predicted octanol–water partition coefficient (Wildman–Crippen LogP) is 3.07. The van der Waals surface area contributed by atoms with Crippen molar-refractivity contribution in [3.63, 3.8) is 0 Å². The van der Waals surface area contributed by atoms with Crippen LogP contribution in [0, 0.1) is 13.8 Å². The van der Waals surface area contributed by atoms with Gasteiger partial charge in [0.15, 0.2) is 0 Å². The Bertz CT molecular complexity index is 876. The van der Waals surface area contributed by atoms with Crippen molar-refractivity contribution >= 4 is 27.3 Å². The van der Waals surface area contributed by atoms with Gasteiger partial charge < -0.3 is 10.1 Å². The maximum Gasteiger partial charge on any atom is 0.261 e. The molecule has 0 saturated heterocycles. The molecule has 0 unspecified atom stereocenters. The van der Waals surface area contributed by atoms with Crippen LogP contribution in [-0.4, -0.2) is 21.4 Å². The molecule has 0 saturated carbocycles. The zero-order valence-electron chi connectivity index (χ0n) is 14.0. The highest BCUT2D eigenvalue weighted by Gasteiger charge is 2.16. The number of nitrogens with one attached hydrogen (secondary N) is 2. The minimum absolute atomic E-state index is 0.183. The summed E-state index contributed by atoms with van der Waals surface area (Å²) in [6, 6.07) is 9.62. The van der Waals surface area contributed by atoms with Gasteiger partial charge >= 0.3 is 0 Å². The van der Waals surface area contributed by atoms with Crippen LogP contribution < -0.4 is 14.8 Å². The van der Waals surface area contributed by atoms with Gasteiger partial charge in [0.2, 0.25) is 5.91 Å². The van der Waals surface area contributed by atoms with Crippen molar-refractivity contribution in [2.45, 2.75) is 25.7 Å². The van der Waals surface area contributed by atoms with Gasteiger partial charge in [-0.05, 0) is 55.3 Å². The first-order valence-electron chi connectivity index (χ1n) is 7.28. The average molecular weight is 348 g/mol. The maximum atomic E-state index is 12.5. The normalized spacial score (nSPS) is 11.0. The minimum Gasteiger partial charge on any atom is -0.495 e. The van der Waals surface area contributed by atoms with Gasteiger partial charge in [-0.25, -0.2) is 8.42 Å². The number of benzene rings is 2. The van der Waals surface area contributed by atoms with Crippen molar-refractivity contribution in [2.75, 3.05) is 17.1 Å². The highest BCUT2D eigenvalue weighted by Crippen LogP contribution is 2.29. The Labute approximate surface area is 141 Å². The van der Waals surface area contributed by atoms with Gasteiger partial charge in [-0.3, -0.25) is 9.52 Å². The second-order valence-corrected chi connectivity index (χ2v) is 7.13. The van der Waals surface area contributed by atoms with E-state index in [1.54, 1.807) is 30.3 Å². The Morgan fingerprint density at radius 1 is 1.04 bits per heavy atom. The third-order valence-corrected chi connectivity index (χ3v) is 4.93. The zero-order chi connectivity index (χ0) is 17.9. The van der Waals surface area contributed by atoms with Crippen molar-refractivity contribution < 1.29 is 17.9 Å². The summed E-state index contributed by atoms with van der Waals surface area (Å²) < 4.78 is 32.7. The smallest absolute Gasteiger partial charge is 0.261 e. The summed E-state index contributed by atoms with van der Waals surface area (Å²) in [5.41, 5.74) is 2.64. The van der Waals surface area contributed by atoms with E-state index in [0.717, 1.165) is 11.1 Å². The van der Waals surface area contributed by atoms with Crippen LogP contribution >= 0.6 is 0 Å². The lowest BCUT2D eigenvalue weighted by Gasteiger charge is -2.13. The number of sulfonamides is 1. The minimum atomic E-state index is -3.72. The molecule has 0 atom stereocenters. The number of anilines is 2. The van der Waals surface area contributed by atoms with Gasteiger partial charge in [0, 0.05) is 6.92 Å². The molecule has 0 fully saturated rings. The average Bonchev–Trinajstić information content (AvgIpc) is 2.49. The molecule has 0 radical (unpaired) electrons. The summed E-state index contributed by atoms with van der Waals surface area (Å²) in [5, 5.41) is 2.61. The first kappa shape index (κ1) is 17.8. The van der Waals surface area contributed by atoms with Crippen LogP contribution in [0.2, 0.25) is 0 Å². The van der Waals surface area contributed by atoms with Gasteiger partial charge in [-0.2, -0.15) is 0 Å². The molecule has 2 aromatic carbocycles. The zero-order valence-corrected chi connectivity index (χ0v) is 14.8. The van der Waals surface area contributed by atoms with E-state index < -0.39 is 10.0 Å². The van der Waals surface area contributed by atoms with Crippen LogP contribution in [0.4, 0.5) is 11.4 Å². The number of rotatable bonds is 5. The Hall–Kier alpha value is -2.54. The molecule has 128 valence electrons. The van der Waals surface area contributed by atoms with E-state index in [4.69, 9.17) is 4.74 Å². The summed E-state index contributed by atoms with van der Waals surface area (Å²) >= 11 is 0. The molecule has 1 amide bonds. The fourth-order valence-electron chi connectivity index (χ4n) is 2.15. The number of ether oxygens (including phenoxy) is 1. The molecule has 0 aromatic heterocycles. The van der Waals surface area contributed by atoms with Gasteiger partial charge in [-0.1, -0.05) is 6.07 Å². The highest BCUT2D eigenvalue weighted by molar-refractivity contribution is 7.92. The van der Waals surface area contributed by atoms with Crippen LogP contribution in [0.15, 0.2) is 41.3 Å². The summed E-state index contributed by atoms with van der Waals surface area (Å²) in [6.07, 6.45) is 0. The molecule has 0 aliphatic carbocycles. The molecule has 2 aromatic rings. The molecule has 0 heterocycles. The van der Waals surface area contributed by atoms with Gasteiger partial charge in [0.05, 0.1) is 23.4 Å². The summed E-state index contributed by atoms with van der Waals surface area (Å²) in [5.74, 6) is 0.168. The molecule has 0 aliphatic rings. The van der Waals surface area contributed by atoms with E-state index >= 15 is 0 Å². The molecule has 7 heteroatoms. The van der Waals surface area contributed by atoms with Crippen molar-refractivity contribution in [1.82, 2.24) is 0 Å². The predicted molar refractivity (Wildman–Crippen MR) is 94.0 cm³/mol. The molecular weight excluding hydrogens is 328 g/mol. The van der Waals surface area contributed by atoms with E-state index in [2.05, 4.69) is 10.0 Å². The fraction of sp³-hybridized carbons (Fsp3) is 0.235. The van der Waals surface area contributed by atoms with E-state index in [9.17, 15) is 13.2 Å². The molecule has 0 spiro atoms. The number of amides is 1. The number of aryl methyl sites for hydroxylation is 2. The van der Waals surface area contributed by atoms with Crippen LogP contribution in [0.1, 0.15) is 18.1 Å². The first-order chi connectivity index (χ1) is 11.2. The third-order valence-electron chi connectivity index (χ3n) is 3.55. The van der Waals surface area contributed by atoms with Crippen LogP contribution in [0.3, 0.4) is 0 Å². The molecule has 24 heavy (non-hydrogen) atoms. The van der Waals surface area contributed by atoms with Crippen molar-refractivity contribution in [2.24, 2.45) is 0 Å². The second kappa shape index (κ2) is 6.92. The topological polar surface area (TPSA) is 84.5 Å². The molecule has 2 rings (SSSR count). The number of methoxy groups -OCH3 is 1. The van der Waals surface area contributed by atoms with Crippen LogP contribution in [-0.2, 0) is 14.8 Å². The first-order valence-corrected chi connectivity index (χ1v) is 8.77. The lowest BCUT2D eigenvalue weighted by molar-refractivity contribution is -0.114. The highest BCUT2D eigenvalue weighted by atomic mass is 32.2. The largest absolute Gasteiger partial charge is 0.495 e. The van der Waals surface area contributed by atoms with E-state index in [1.807, 2.05) is 13.8 Å². The van der Waals surface area contributed by atoms with Crippen LogP contribution in [0.25, 0.3) is 0 Å². The SMILES string of the molecule is COc1ccc(NS(=O)(=O)c2ccc(C)c(C)c2)cc1NC(C)=O. The lowest BCUT2D eigenvalue weighted by Crippen LogP contribution is -2.14. The second-order valence-electron chi connectivity index (χ2n) is 5.45. The maximum absolute atomic E-state index is 12.5. The van der Waals surface area contributed by atoms with Crippen molar-refractivity contribution in [3.8, 4) is 5.75 Å². The molecule has 6 nitrogen and oxygen atoms in total. The number of carbonyl (C=O) groups is 1. The van der Waals surface area contributed by atoms with Gasteiger partial charge in [0.1, 0.15) is 5.75 Å².